The van der Waals surface area contributed by atoms with Crippen LogP contribution in [0.3, 0.4) is 0 Å². The predicted octanol–water partition coefficient (Wildman–Crippen LogP) is 6.92. The summed E-state index contributed by atoms with van der Waals surface area (Å²) in [6, 6.07) is 9.98. The van der Waals surface area contributed by atoms with E-state index < -0.39 is 0 Å². The molecule has 3 rings (SSSR count). The summed E-state index contributed by atoms with van der Waals surface area (Å²) in [5.74, 6) is -1.08. The van der Waals surface area contributed by atoms with Gasteiger partial charge in [-0.2, -0.15) is 0 Å². The number of ketones is 2. The van der Waals surface area contributed by atoms with E-state index in [9.17, 15) is 19.2 Å². The van der Waals surface area contributed by atoms with E-state index in [1.807, 2.05) is 0 Å². The Morgan fingerprint density at radius 1 is 0.545 bits per heavy atom. The molecule has 0 saturated carbocycles. The van der Waals surface area contributed by atoms with Crippen molar-refractivity contribution in [1.82, 2.24) is 9.80 Å². The summed E-state index contributed by atoms with van der Waals surface area (Å²) in [5.41, 5.74) is 1.49. The summed E-state index contributed by atoms with van der Waals surface area (Å²) >= 11 is 0. The molecule has 0 atom stereocenters. The Morgan fingerprint density at radius 3 is 1.20 bits per heavy atom. The monoisotopic (exact) mass is 604 g/mol. The van der Waals surface area contributed by atoms with Gasteiger partial charge in [-0.25, -0.2) is 0 Å². The molecule has 1 aliphatic rings. The van der Waals surface area contributed by atoms with Crippen molar-refractivity contribution in [3.63, 3.8) is 0 Å². The van der Waals surface area contributed by atoms with Gasteiger partial charge in [0.05, 0.1) is 22.5 Å². The average Bonchev–Trinajstić information content (AvgIpc) is 3.03. The molecule has 0 heterocycles. The van der Waals surface area contributed by atoms with E-state index in [-0.39, 0.29) is 47.3 Å². The van der Waals surface area contributed by atoms with Crippen molar-refractivity contribution >= 4 is 34.8 Å². The third-order valence-electron chi connectivity index (χ3n) is 8.25. The number of anilines is 2. The van der Waals surface area contributed by atoms with Crippen molar-refractivity contribution in [2.75, 3.05) is 49.9 Å². The van der Waals surface area contributed by atoms with Gasteiger partial charge in [0.2, 0.25) is 11.8 Å². The van der Waals surface area contributed by atoms with Crippen LogP contribution in [0.15, 0.2) is 36.4 Å². The summed E-state index contributed by atoms with van der Waals surface area (Å²) in [5, 5.41) is 5.84. The maximum Gasteiger partial charge on any atom is 0.225 e. The van der Waals surface area contributed by atoms with Crippen molar-refractivity contribution < 1.29 is 19.2 Å². The minimum Gasteiger partial charge on any atom is -0.325 e. The lowest BCUT2D eigenvalue weighted by molar-refractivity contribution is -0.117. The van der Waals surface area contributed by atoms with Gasteiger partial charge in [-0.05, 0) is 64.0 Å². The molecule has 1 aliphatic carbocycles. The number of rotatable bonds is 20. The van der Waals surface area contributed by atoms with Gasteiger partial charge in [-0.3, -0.25) is 19.2 Å². The minimum atomic E-state index is -0.334. The lowest BCUT2D eigenvalue weighted by atomic mass is 9.82. The summed E-state index contributed by atoms with van der Waals surface area (Å²) < 4.78 is 0. The van der Waals surface area contributed by atoms with Crippen LogP contribution < -0.4 is 10.6 Å². The zero-order valence-electron chi connectivity index (χ0n) is 27.3. The number of nitrogens with one attached hydrogen (secondary N) is 2. The van der Waals surface area contributed by atoms with Crippen LogP contribution in [0.2, 0.25) is 0 Å². The Balaban J connectivity index is 1.82. The van der Waals surface area contributed by atoms with Crippen LogP contribution in [0.4, 0.5) is 11.4 Å². The molecule has 2 amide bonds. The molecule has 0 fully saturated rings. The Hall–Kier alpha value is -3.36. The molecule has 0 saturated heterocycles. The third-order valence-corrected chi connectivity index (χ3v) is 8.25. The van der Waals surface area contributed by atoms with Crippen molar-refractivity contribution in [1.29, 1.82) is 0 Å². The summed E-state index contributed by atoms with van der Waals surface area (Å²) in [6.45, 7) is 13.7. The van der Waals surface area contributed by atoms with Gasteiger partial charge in [0.1, 0.15) is 0 Å². The second-order valence-corrected chi connectivity index (χ2v) is 11.8. The molecular weight excluding hydrogens is 552 g/mol. The number of hydrogen-bond acceptors (Lipinski definition) is 6. The molecule has 0 aromatic heterocycles. The number of unbranched alkanes of at least 4 members (excludes halogenated alkanes) is 4. The zero-order valence-corrected chi connectivity index (χ0v) is 27.3. The van der Waals surface area contributed by atoms with Gasteiger partial charge in [0.15, 0.2) is 11.6 Å². The second-order valence-electron chi connectivity index (χ2n) is 11.8. The molecule has 240 valence electrons. The van der Waals surface area contributed by atoms with Gasteiger partial charge in [-0.15, -0.1) is 0 Å². The quantitative estimate of drug-likeness (QED) is 0.145. The van der Waals surface area contributed by atoms with E-state index in [0.717, 1.165) is 77.5 Å². The molecule has 0 radical (unpaired) electrons. The Kier molecular flexibility index (Phi) is 14.7. The highest BCUT2D eigenvalue weighted by molar-refractivity contribution is 6.32. The highest BCUT2D eigenvalue weighted by Gasteiger charge is 2.34. The first kappa shape index (κ1) is 35.1. The molecule has 0 unspecified atom stereocenters. The van der Waals surface area contributed by atoms with E-state index in [2.05, 4.69) is 48.1 Å². The fourth-order valence-electron chi connectivity index (χ4n) is 5.57. The van der Waals surface area contributed by atoms with Crippen molar-refractivity contribution in [3.05, 3.63) is 58.7 Å². The Morgan fingerprint density at radius 2 is 0.886 bits per heavy atom. The molecule has 2 N–H and O–H groups in total. The fourth-order valence-corrected chi connectivity index (χ4v) is 5.57. The standard InChI is InChI=1S/C36H52N4O4/c1-5-9-21-39(22-10-6-2)25-19-31(41)37-29-17-18-30(38-32(42)20-26-40(23-11-7-3)24-12-8-4)34-33(29)35(43)27-15-13-14-16-28(27)36(34)44/h13-18H,5-12,19-26H2,1-4H3,(H,37,41)(H,38,42). The maximum absolute atomic E-state index is 13.8. The summed E-state index contributed by atoms with van der Waals surface area (Å²) in [4.78, 5) is 58.5. The lowest BCUT2D eigenvalue weighted by Gasteiger charge is -2.24. The smallest absolute Gasteiger partial charge is 0.225 e. The fraction of sp³-hybridized carbons (Fsp3) is 0.556. The number of carbonyl (C=O) groups excluding carboxylic acids is 4. The average molecular weight is 605 g/mol. The molecule has 44 heavy (non-hydrogen) atoms. The normalized spacial score (nSPS) is 12.4. The number of nitrogens with zero attached hydrogens (tertiary/aromatic N) is 2. The van der Waals surface area contributed by atoms with Gasteiger partial charge < -0.3 is 20.4 Å². The number of carbonyl (C=O) groups is 4. The number of fused-ring (bicyclic) bond motifs is 2. The number of benzene rings is 2. The van der Waals surface area contributed by atoms with Crippen LogP contribution in [-0.2, 0) is 9.59 Å². The van der Waals surface area contributed by atoms with Gasteiger partial charge >= 0.3 is 0 Å². The van der Waals surface area contributed by atoms with E-state index in [1.165, 1.54) is 0 Å². The van der Waals surface area contributed by atoms with Crippen LogP contribution in [0.5, 0.6) is 0 Å². The van der Waals surface area contributed by atoms with Crippen molar-refractivity contribution in [2.45, 2.75) is 91.9 Å². The molecule has 0 bridgehead atoms. The Labute approximate surface area is 264 Å². The van der Waals surface area contributed by atoms with E-state index in [0.29, 0.717) is 35.6 Å². The van der Waals surface area contributed by atoms with Crippen LogP contribution in [0.1, 0.15) is 124 Å². The first-order valence-corrected chi connectivity index (χ1v) is 16.7. The number of hydrogen-bond donors (Lipinski definition) is 2. The second kappa shape index (κ2) is 18.4. The molecule has 2 aromatic rings. The van der Waals surface area contributed by atoms with Gasteiger partial charge in [0, 0.05) is 37.1 Å². The highest BCUT2D eigenvalue weighted by Crippen LogP contribution is 2.36. The molecule has 8 nitrogen and oxygen atoms in total. The van der Waals surface area contributed by atoms with Crippen molar-refractivity contribution in [2.24, 2.45) is 0 Å². The zero-order chi connectivity index (χ0) is 31.9. The van der Waals surface area contributed by atoms with Crippen molar-refractivity contribution in [3.8, 4) is 0 Å². The van der Waals surface area contributed by atoms with Crippen LogP contribution in [-0.4, -0.2) is 72.4 Å². The lowest BCUT2D eigenvalue weighted by Crippen LogP contribution is -2.31. The largest absolute Gasteiger partial charge is 0.325 e. The first-order chi connectivity index (χ1) is 21.3. The third kappa shape index (κ3) is 9.83. The topological polar surface area (TPSA) is 98.8 Å². The van der Waals surface area contributed by atoms with E-state index >= 15 is 0 Å². The molecule has 2 aromatic carbocycles. The predicted molar refractivity (Wildman–Crippen MR) is 179 cm³/mol. The summed E-state index contributed by atoms with van der Waals surface area (Å²) in [7, 11) is 0. The number of amides is 2. The molecule has 0 aliphatic heterocycles. The summed E-state index contributed by atoms with van der Waals surface area (Å²) in [6.07, 6.45) is 9.27. The van der Waals surface area contributed by atoms with Gasteiger partial charge in [-0.1, -0.05) is 77.6 Å². The molecular formula is C36H52N4O4. The van der Waals surface area contributed by atoms with Gasteiger partial charge in [0.25, 0.3) is 0 Å². The minimum absolute atomic E-state index is 0.140. The van der Waals surface area contributed by atoms with Crippen LogP contribution in [0, 0.1) is 0 Å². The highest BCUT2D eigenvalue weighted by atomic mass is 16.2. The maximum atomic E-state index is 13.8. The van der Waals surface area contributed by atoms with E-state index in [4.69, 9.17) is 0 Å². The first-order valence-electron chi connectivity index (χ1n) is 16.7. The van der Waals surface area contributed by atoms with Crippen LogP contribution >= 0.6 is 0 Å². The SMILES string of the molecule is CCCCN(CCCC)CCC(=O)Nc1ccc(NC(=O)CCN(CCCC)CCCC)c2c1C(=O)c1ccccc1C2=O. The molecule has 0 spiro atoms. The molecule has 8 heteroatoms. The Bertz CT molecular complexity index is 1160. The van der Waals surface area contributed by atoms with E-state index in [1.54, 1.807) is 36.4 Å². The van der Waals surface area contributed by atoms with Crippen LogP contribution in [0.25, 0.3) is 0 Å².